The number of rotatable bonds is 15. The molecule has 0 aromatic heterocycles. The van der Waals surface area contributed by atoms with Gasteiger partial charge < -0.3 is 66.3 Å². The van der Waals surface area contributed by atoms with Crippen LogP contribution in [-0.2, 0) is 9.47 Å². The normalized spacial score (nSPS) is 13.5. The van der Waals surface area contributed by atoms with Crippen LogP contribution < -0.4 is 56.8 Å². The average Bonchev–Trinajstić information content (AvgIpc) is 0.726. The summed E-state index contributed by atoms with van der Waals surface area (Å²) in [6.07, 6.45) is 1.71. The molecule has 0 bridgehead atoms. The molecule has 602 valence electrons. The van der Waals surface area contributed by atoms with Gasteiger partial charge in [-0.1, -0.05) is 147 Å². The third-order valence-corrected chi connectivity index (χ3v) is 23.1. The number of ether oxygens (including phenoxy) is 14. The van der Waals surface area contributed by atoms with E-state index >= 15 is 0 Å². The first-order valence-electron chi connectivity index (χ1n) is 38.3. The van der Waals surface area contributed by atoms with E-state index in [2.05, 4.69) is 267 Å². The highest BCUT2D eigenvalue weighted by atomic mass is 127. The Labute approximate surface area is 721 Å². The van der Waals surface area contributed by atoms with Crippen molar-refractivity contribution in [1.29, 1.82) is 0 Å². The Morgan fingerprint density at radius 3 is 0.983 bits per heavy atom. The van der Waals surface area contributed by atoms with Crippen LogP contribution in [0.1, 0.15) is 75.3 Å². The minimum absolute atomic E-state index is 0. The Bertz CT molecular complexity index is 6430. The summed E-state index contributed by atoms with van der Waals surface area (Å²) in [5.41, 5.74) is 12.1. The summed E-state index contributed by atoms with van der Waals surface area (Å²) < 4.78 is 82.6. The molecule has 0 fully saturated rings. The molecular formula is C103H92I2O14. The topological polar surface area (TPSA) is 129 Å². The quantitative estimate of drug-likeness (QED) is 0.0713. The van der Waals surface area contributed by atoms with E-state index < -0.39 is 0 Å². The van der Waals surface area contributed by atoms with Crippen molar-refractivity contribution in [3.63, 3.8) is 0 Å². The fraction of sp³-hybridized carbons (Fsp3) is 0.165. The monoisotopic (exact) mass is 1810 g/mol. The van der Waals surface area contributed by atoms with Gasteiger partial charge in [-0.2, -0.15) is 0 Å². The number of methoxy groups -OCH3 is 11. The molecule has 3 heterocycles. The van der Waals surface area contributed by atoms with Crippen molar-refractivity contribution in [1.82, 2.24) is 0 Å². The molecule has 3 unspecified atom stereocenters. The lowest BCUT2D eigenvalue weighted by molar-refractivity contribution is 0.234. The smallest absolute Gasteiger partial charge is 0.144 e. The Morgan fingerprint density at radius 2 is 0.622 bits per heavy atom. The van der Waals surface area contributed by atoms with Crippen LogP contribution in [0.2, 0.25) is 0 Å². The van der Waals surface area contributed by atoms with Gasteiger partial charge >= 0.3 is 0 Å². The van der Waals surface area contributed by atoms with Crippen molar-refractivity contribution in [3.05, 3.63) is 337 Å². The number of hydrogen-bond donors (Lipinski definition) is 0. The van der Waals surface area contributed by atoms with E-state index in [4.69, 9.17) is 56.8 Å². The van der Waals surface area contributed by atoms with Crippen molar-refractivity contribution in [2.75, 3.05) is 91.9 Å². The predicted molar refractivity (Wildman–Crippen MR) is 498 cm³/mol. The van der Waals surface area contributed by atoms with Crippen LogP contribution in [0.25, 0.3) is 75.8 Å². The zero-order chi connectivity index (χ0) is 82.3. The lowest BCUT2D eigenvalue weighted by Gasteiger charge is -2.32. The van der Waals surface area contributed by atoms with Crippen LogP contribution in [0.3, 0.4) is 0 Å². The van der Waals surface area contributed by atoms with Gasteiger partial charge in [-0.15, -0.1) is 6.58 Å². The fourth-order valence-electron chi connectivity index (χ4n) is 16.4. The highest BCUT2D eigenvalue weighted by Gasteiger charge is 2.39. The predicted octanol–water partition coefficient (Wildman–Crippen LogP) is 26.5. The van der Waals surface area contributed by atoms with Crippen molar-refractivity contribution < 1.29 is 66.3 Å². The number of fused-ring (bicyclic) bond motifs is 15. The molecule has 0 aliphatic carbocycles. The maximum Gasteiger partial charge on any atom is 0.144 e. The molecule has 0 N–H and O–H groups in total. The lowest BCUT2D eigenvalue weighted by Crippen LogP contribution is -2.15. The molecule has 0 radical (unpaired) electrons. The van der Waals surface area contributed by atoms with Gasteiger partial charge in [0.2, 0.25) is 0 Å². The molecule has 0 amide bonds. The van der Waals surface area contributed by atoms with Crippen LogP contribution in [0.15, 0.2) is 280 Å². The van der Waals surface area contributed by atoms with Gasteiger partial charge in [0.1, 0.15) is 86.2 Å². The molecule has 0 spiro atoms. The van der Waals surface area contributed by atoms with E-state index in [1.54, 1.807) is 91.4 Å². The largest absolute Gasteiger partial charge is 0.497 e. The molecule has 16 heteroatoms. The number of benzene rings is 16. The Kier molecular flexibility index (Phi) is 26.0. The van der Waals surface area contributed by atoms with E-state index in [1.807, 2.05) is 60.7 Å². The Balaban J connectivity index is 0.000000140. The van der Waals surface area contributed by atoms with Gasteiger partial charge in [0, 0.05) is 92.7 Å². The van der Waals surface area contributed by atoms with Crippen molar-refractivity contribution in [3.8, 4) is 97.4 Å². The first kappa shape index (κ1) is 83.3. The minimum atomic E-state index is -0.162. The van der Waals surface area contributed by atoms with Gasteiger partial charge in [-0.3, -0.25) is 0 Å². The van der Waals surface area contributed by atoms with E-state index in [9.17, 15) is 0 Å². The van der Waals surface area contributed by atoms with Gasteiger partial charge in [0.05, 0.1) is 74.2 Å². The van der Waals surface area contributed by atoms with Gasteiger partial charge in [0.25, 0.3) is 0 Å². The standard InChI is InChI=1S/C36H28O4.C30H22I2O4.C30H24O4.C4H8O.C2H6O.CH4/c1-37-26-14-9-23-12-17-31(39-3)34(29(23)20-26)36-28-16-11-25(22-7-5-4-6-8-22)19-33(28)40-32-18-13-24-10-15-27(38-2)21-30(24)35(32)36;1-33-19-8-4-16-6-10-25(35-3)27(21(16)14-19)29-23-12-18(31)13-24(32)30(23)36-26-11-7-17-5-9-20(34-2)15-22(17)28(26)29;1-31-20-12-8-18-10-14-26(33-3)28(23(18)16-20)30-22-6-4-5-7-25(22)34-27-15-11-19-9-13-21(32-2)17-24(19)29(27)30;1-3-4-5-2;1-3-2;/h4-21,36H,1-3H3;4-15,29H,1-3H3;4-17,30H,1-3H3;3H,1,4H2,2H3;1-2H3;1H4. The van der Waals surface area contributed by atoms with E-state index in [1.165, 1.54) is 0 Å². The van der Waals surface area contributed by atoms with Crippen molar-refractivity contribution in [2.45, 2.75) is 25.2 Å². The molecule has 3 aliphatic heterocycles. The third-order valence-electron chi connectivity index (χ3n) is 21.7. The molecular weight excluding hydrogens is 1710 g/mol. The highest BCUT2D eigenvalue weighted by Crippen LogP contribution is 2.59. The van der Waals surface area contributed by atoms with Gasteiger partial charge in [0.15, 0.2) is 0 Å². The van der Waals surface area contributed by atoms with Gasteiger partial charge in [-0.25, -0.2) is 0 Å². The lowest BCUT2D eigenvalue weighted by atomic mass is 9.78. The first-order chi connectivity index (χ1) is 57.7. The Hall–Kier alpha value is -12.2. The molecule has 16 aromatic rings. The van der Waals surface area contributed by atoms with Crippen LogP contribution in [0, 0.1) is 7.14 Å². The zero-order valence-corrected chi connectivity index (χ0v) is 71.9. The summed E-state index contributed by atoms with van der Waals surface area (Å²) in [5.74, 6) is 12.0. The summed E-state index contributed by atoms with van der Waals surface area (Å²) in [7, 11) is 20.3. The third kappa shape index (κ3) is 16.4. The average molecular weight is 1810 g/mol. The molecule has 0 saturated heterocycles. The summed E-state index contributed by atoms with van der Waals surface area (Å²) in [6, 6.07) is 91.7. The van der Waals surface area contributed by atoms with Crippen LogP contribution >= 0.6 is 45.2 Å². The van der Waals surface area contributed by atoms with Crippen LogP contribution in [0.4, 0.5) is 0 Å². The molecule has 14 nitrogen and oxygen atoms in total. The first-order valence-corrected chi connectivity index (χ1v) is 40.5. The van der Waals surface area contributed by atoms with Crippen molar-refractivity contribution >= 4 is 110 Å². The molecule has 3 atom stereocenters. The fourth-order valence-corrected chi connectivity index (χ4v) is 18.4. The van der Waals surface area contributed by atoms with E-state index in [-0.39, 0.29) is 25.2 Å². The van der Waals surface area contributed by atoms with Crippen LogP contribution in [-0.4, -0.2) is 91.9 Å². The highest BCUT2D eigenvalue weighted by molar-refractivity contribution is 14.1. The van der Waals surface area contributed by atoms with E-state index in [0.29, 0.717) is 6.61 Å². The van der Waals surface area contributed by atoms with Crippen molar-refractivity contribution in [2.24, 2.45) is 0 Å². The summed E-state index contributed by atoms with van der Waals surface area (Å²) >= 11 is 4.76. The molecule has 19 rings (SSSR count). The molecule has 0 saturated carbocycles. The molecule has 119 heavy (non-hydrogen) atoms. The summed E-state index contributed by atoms with van der Waals surface area (Å²) in [4.78, 5) is 0. The van der Waals surface area contributed by atoms with Crippen LogP contribution in [0.5, 0.6) is 86.2 Å². The number of para-hydroxylation sites is 1. The maximum atomic E-state index is 6.70. The van der Waals surface area contributed by atoms with Gasteiger partial charge in [-0.05, 0) is 254 Å². The Morgan fingerprint density at radius 1 is 0.294 bits per heavy atom. The summed E-state index contributed by atoms with van der Waals surface area (Å²) in [6.45, 7) is 4.08. The second kappa shape index (κ2) is 37.2. The SMILES string of the molecule is C.C=CCOC.COC.COc1ccc2ccc(OC)c(C3c4cc(I)cc(I)c4Oc4ccc5ccc(OC)cc5c43)c2c1.COc1ccc2ccc(OC)c(C3c4ccc(-c5ccccc5)cc4Oc4ccc5ccc(OC)cc5c43)c2c1.COc1ccc2ccc(OC)c(C3c4ccccc4Oc4ccc5ccc(OC)cc5c43)c2c1. The summed E-state index contributed by atoms with van der Waals surface area (Å²) in [5, 5.41) is 13.3. The number of hydrogen-bond acceptors (Lipinski definition) is 14. The molecule has 16 aromatic carbocycles. The van der Waals surface area contributed by atoms with E-state index in [0.717, 1.165) is 219 Å². The second-order valence-corrected chi connectivity index (χ2v) is 30.6. The number of halogens is 2. The second-order valence-electron chi connectivity index (χ2n) is 28.2. The minimum Gasteiger partial charge on any atom is -0.497 e. The zero-order valence-electron chi connectivity index (χ0n) is 67.6. The maximum absolute atomic E-state index is 6.70. The molecule has 3 aliphatic rings.